The van der Waals surface area contributed by atoms with Crippen molar-refractivity contribution >= 4 is 5.91 Å². The van der Waals surface area contributed by atoms with E-state index in [1.165, 1.54) is 0 Å². The molecule has 2 atom stereocenters. The van der Waals surface area contributed by atoms with Crippen LogP contribution in [0.25, 0.3) is 0 Å². The Morgan fingerprint density at radius 3 is 2.82 bits per heavy atom. The first-order valence-electron chi connectivity index (χ1n) is 3.56. The van der Waals surface area contributed by atoms with Crippen LogP contribution in [0.3, 0.4) is 0 Å². The molecule has 1 aliphatic heterocycles. The lowest BCUT2D eigenvalue weighted by Crippen LogP contribution is -2.45. The highest BCUT2D eigenvalue weighted by Crippen LogP contribution is 2.09. The lowest BCUT2D eigenvalue weighted by atomic mass is 9.97. The molecular formula is C6H12N2O3. The minimum atomic E-state index is -0.481. The maximum Gasteiger partial charge on any atom is 0.247 e. The van der Waals surface area contributed by atoms with E-state index in [0.29, 0.717) is 19.5 Å². The summed E-state index contributed by atoms with van der Waals surface area (Å²) in [4.78, 5) is 10.8. The molecule has 0 bridgehead atoms. The Labute approximate surface area is 64.4 Å². The minimum Gasteiger partial charge on any atom is -0.392 e. The Balaban J connectivity index is 2.39. The Morgan fingerprint density at radius 2 is 2.27 bits per heavy atom. The first-order valence-corrected chi connectivity index (χ1v) is 3.56. The summed E-state index contributed by atoms with van der Waals surface area (Å²) in [5.41, 5.74) is 1.57. The van der Waals surface area contributed by atoms with Crippen molar-refractivity contribution in [3.8, 4) is 0 Å². The van der Waals surface area contributed by atoms with Crippen LogP contribution >= 0.6 is 0 Å². The van der Waals surface area contributed by atoms with Crippen molar-refractivity contribution in [2.45, 2.75) is 12.5 Å². The summed E-state index contributed by atoms with van der Waals surface area (Å²) in [6, 6.07) is 0. The van der Waals surface area contributed by atoms with E-state index in [0.717, 1.165) is 0 Å². The summed E-state index contributed by atoms with van der Waals surface area (Å²) >= 11 is 0. The molecule has 4 N–H and O–H groups in total. The number of aliphatic hydroxyl groups excluding tert-OH is 1. The van der Waals surface area contributed by atoms with Gasteiger partial charge >= 0.3 is 0 Å². The average molecular weight is 160 g/mol. The zero-order valence-corrected chi connectivity index (χ0v) is 6.08. The zero-order valence-electron chi connectivity index (χ0n) is 6.08. The third-order valence-electron chi connectivity index (χ3n) is 1.81. The number of aliphatic hydroxyl groups is 1. The fraction of sp³-hybridized carbons (Fsp3) is 0.833. The second-order valence-electron chi connectivity index (χ2n) is 2.72. The maximum atomic E-state index is 10.8. The quantitative estimate of drug-likeness (QED) is 0.277. The lowest BCUT2D eigenvalue weighted by molar-refractivity contribution is -0.135. The van der Waals surface area contributed by atoms with E-state index in [-0.39, 0.29) is 5.92 Å². The second kappa shape index (κ2) is 3.66. The van der Waals surface area contributed by atoms with Gasteiger partial charge in [-0.25, -0.2) is 5.48 Å². The molecule has 5 nitrogen and oxygen atoms in total. The third kappa shape index (κ3) is 2.14. The van der Waals surface area contributed by atoms with E-state index in [4.69, 9.17) is 10.3 Å². The van der Waals surface area contributed by atoms with Gasteiger partial charge in [0.15, 0.2) is 0 Å². The second-order valence-corrected chi connectivity index (χ2v) is 2.72. The van der Waals surface area contributed by atoms with Crippen molar-refractivity contribution in [3.63, 3.8) is 0 Å². The molecule has 1 heterocycles. The highest BCUT2D eigenvalue weighted by Gasteiger charge is 2.25. The number of nitrogens with one attached hydrogen (secondary N) is 2. The number of hydroxylamine groups is 1. The molecule has 1 fully saturated rings. The van der Waals surface area contributed by atoms with Gasteiger partial charge in [0.05, 0.1) is 12.0 Å². The molecule has 0 spiro atoms. The Hall–Kier alpha value is -0.650. The molecule has 0 aromatic heterocycles. The molecule has 2 unspecified atom stereocenters. The predicted octanol–water partition coefficient (Wildman–Crippen LogP) is -1.54. The molecule has 1 aliphatic rings. The Kier molecular flexibility index (Phi) is 2.81. The van der Waals surface area contributed by atoms with Crippen LogP contribution in [0.1, 0.15) is 6.42 Å². The minimum absolute atomic E-state index is 0.316. The molecule has 5 heteroatoms. The summed E-state index contributed by atoms with van der Waals surface area (Å²) < 4.78 is 0. The number of hydrogen-bond donors (Lipinski definition) is 4. The summed E-state index contributed by atoms with van der Waals surface area (Å²) in [5.74, 6) is -0.750. The predicted molar refractivity (Wildman–Crippen MR) is 36.9 cm³/mol. The highest BCUT2D eigenvalue weighted by molar-refractivity contribution is 5.77. The molecule has 0 aromatic carbocycles. The van der Waals surface area contributed by atoms with Crippen LogP contribution < -0.4 is 10.8 Å². The fourth-order valence-electron chi connectivity index (χ4n) is 1.21. The first kappa shape index (κ1) is 8.45. The summed E-state index contributed by atoms with van der Waals surface area (Å²) in [5, 5.41) is 20.2. The number of β-amino-alcohol motifs (C(OH)–C–C–N with tert-alkyl or cyclic N) is 1. The van der Waals surface area contributed by atoms with Gasteiger partial charge in [-0.15, -0.1) is 0 Å². The number of carbonyl (C=O) groups excluding carboxylic acids is 1. The van der Waals surface area contributed by atoms with Gasteiger partial charge in [0, 0.05) is 13.1 Å². The highest BCUT2D eigenvalue weighted by atomic mass is 16.5. The van der Waals surface area contributed by atoms with E-state index in [2.05, 4.69) is 5.32 Å². The third-order valence-corrected chi connectivity index (χ3v) is 1.81. The molecule has 1 rings (SSSR count). The van der Waals surface area contributed by atoms with Crippen LogP contribution in [-0.2, 0) is 4.79 Å². The van der Waals surface area contributed by atoms with E-state index in [1.54, 1.807) is 5.48 Å². The molecule has 0 saturated carbocycles. The largest absolute Gasteiger partial charge is 0.392 e. The van der Waals surface area contributed by atoms with Crippen LogP contribution in [-0.4, -0.2) is 35.4 Å². The fourth-order valence-corrected chi connectivity index (χ4v) is 1.21. The van der Waals surface area contributed by atoms with Crippen LogP contribution in [0.2, 0.25) is 0 Å². The van der Waals surface area contributed by atoms with Gasteiger partial charge in [0.2, 0.25) is 5.91 Å². The molecule has 0 radical (unpaired) electrons. The van der Waals surface area contributed by atoms with Crippen molar-refractivity contribution in [1.82, 2.24) is 10.8 Å². The first-order chi connectivity index (χ1) is 5.24. The SMILES string of the molecule is O=C(NO)C1CNCC(O)C1. The van der Waals surface area contributed by atoms with Crippen molar-refractivity contribution in [2.24, 2.45) is 5.92 Å². The van der Waals surface area contributed by atoms with Crippen LogP contribution in [0, 0.1) is 5.92 Å². The van der Waals surface area contributed by atoms with Gasteiger partial charge < -0.3 is 10.4 Å². The normalized spacial score (nSPS) is 31.5. The van der Waals surface area contributed by atoms with Gasteiger partial charge in [-0.05, 0) is 6.42 Å². The van der Waals surface area contributed by atoms with Crippen molar-refractivity contribution in [2.75, 3.05) is 13.1 Å². The summed E-state index contributed by atoms with van der Waals surface area (Å²) in [6.45, 7) is 1.04. The Bertz CT molecular complexity index is 151. The summed E-state index contributed by atoms with van der Waals surface area (Å²) in [7, 11) is 0. The number of carbonyl (C=O) groups is 1. The van der Waals surface area contributed by atoms with Gasteiger partial charge in [-0.2, -0.15) is 0 Å². The van der Waals surface area contributed by atoms with E-state index >= 15 is 0 Å². The monoisotopic (exact) mass is 160 g/mol. The molecule has 1 amide bonds. The summed E-state index contributed by atoms with van der Waals surface area (Å²) in [6.07, 6.45) is -0.0644. The number of piperidine rings is 1. The molecular weight excluding hydrogens is 148 g/mol. The van der Waals surface area contributed by atoms with Gasteiger partial charge in [-0.1, -0.05) is 0 Å². The average Bonchev–Trinajstić information content (AvgIpc) is 2.03. The number of amides is 1. The van der Waals surface area contributed by atoms with E-state index in [1.807, 2.05) is 0 Å². The number of hydrogen-bond acceptors (Lipinski definition) is 4. The zero-order chi connectivity index (χ0) is 8.27. The Morgan fingerprint density at radius 1 is 1.55 bits per heavy atom. The molecule has 1 saturated heterocycles. The van der Waals surface area contributed by atoms with E-state index < -0.39 is 12.0 Å². The van der Waals surface area contributed by atoms with Crippen molar-refractivity contribution < 1.29 is 15.1 Å². The van der Waals surface area contributed by atoms with Gasteiger partial charge in [-0.3, -0.25) is 10.0 Å². The van der Waals surface area contributed by atoms with Gasteiger partial charge in [0.25, 0.3) is 0 Å². The van der Waals surface area contributed by atoms with Crippen LogP contribution in [0.5, 0.6) is 0 Å². The van der Waals surface area contributed by atoms with Crippen LogP contribution in [0.15, 0.2) is 0 Å². The van der Waals surface area contributed by atoms with Crippen LogP contribution in [0.4, 0.5) is 0 Å². The van der Waals surface area contributed by atoms with Gasteiger partial charge in [0.1, 0.15) is 0 Å². The lowest BCUT2D eigenvalue weighted by Gasteiger charge is -2.24. The standard InChI is InChI=1S/C6H12N2O3/c9-5-1-4(2-7-3-5)6(10)8-11/h4-5,7,9,11H,1-3H2,(H,8,10). The smallest absolute Gasteiger partial charge is 0.247 e. The van der Waals surface area contributed by atoms with E-state index in [9.17, 15) is 4.79 Å². The number of rotatable bonds is 1. The molecule has 0 aliphatic carbocycles. The maximum absolute atomic E-state index is 10.8. The molecule has 11 heavy (non-hydrogen) atoms. The topological polar surface area (TPSA) is 81.6 Å². The molecule has 0 aromatic rings. The van der Waals surface area contributed by atoms with Crippen molar-refractivity contribution in [1.29, 1.82) is 0 Å². The van der Waals surface area contributed by atoms with Crippen molar-refractivity contribution in [3.05, 3.63) is 0 Å². The molecule has 64 valence electrons.